The van der Waals surface area contributed by atoms with E-state index in [1.54, 1.807) is 18.2 Å². The van der Waals surface area contributed by atoms with Gasteiger partial charge >= 0.3 is 0 Å². The van der Waals surface area contributed by atoms with E-state index in [2.05, 4.69) is 34.6 Å². The van der Waals surface area contributed by atoms with E-state index in [4.69, 9.17) is 14.2 Å². The highest BCUT2D eigenvalue weighted by molar-refractivity contribution is 6.06. The van der Waals surface area contributed by atoms with Gasteiger partial charge < -0.3 is 14.2 Å². The van der Waals surface area contributed by atoms with E-state index in [0.29, 0.717) is 25.4 Å². The van der Waals surface area contributed by atoms with Crippen molar-refractivity contribution in [2.45, 2.75) is 59.8 Å². The minimum atomic E-state index is -0.132. The third-order valence-electron chi connectivity index (χ3n) is 4.64. The molecule has 0 atom stereocenters. The number of allylic oxidation sites excluding steroid dienone is 1. The first-order chi connectivity index (χ1) is 14.8. The van der Waals surface area contributed by atoms with Gasteiger partial charge in [0.1, 0.15) is 17.2 Å². The predicted molar refractivity (Wildman–Crippen MR) is 128 cm³/mol. The Labute approximate surface area is 187 Å². The first-order valence-corrected chi connectivity index (χ1v) is 11.2. The van der Waals surface area contributed by atoms with E-state index in [1.165, 1.54) is 0 Å². The summed E-state index contributed by atoms with van der Waals surface area (Å²) in [6, 6.07) is 11.2. The van der Waals surface area contributed by atoms with Gasteiger partial charge in [0.2, 0.25) is 0 Å². The summed E-state index contributed by atoms with van der Waals surface area (Å²) in [5, 5.41) is 0. The van der Waals surface area contributed by atoms with E-state index in [9.17, 15) is 4.79 Å². The van der Waals surface area contributed by atoms with Crippen LogP contribution in [0.2, 0.25) is 0 Å². The maximum Gasteiger partial charge on any atom is 0.185 e. The average Bonchev–Trinajstić information content (AvgIpc) is 2.74. The van der Waals surface area contributed by atoms with Gasteiger partial charge in [0.25, 0.3) is 0 Å². The van der Waals surface area contributed by atoms with Crippen LogP contribution in [0, 0.1) is 0 Å². The highest BCUT2D eigenvalue weighted by Gasteiger charge is 2.25. The van der Waals surface area contributed by atoms with Crippen molar-refractivity contribution in [2.24, 2.45) is 0 Å². The van der Waals surface area contributed by atoms with Gasteiger partial charge in [0, 0.05) is 11.1 Å². The van der Waals surface area contributed by atoms with Gasteiger partial charge in [0.15, 0.2) is 5.78 Å². The molecule has 0 N–H and O–H groups in total. The van der Waals surface area contributed by atoms with Crippen LogP contribution in [0.1, 0.15) is 75.9 Å². The number of ketones is 1. The van der Waals surface area contributed by atoms with Crippen LogP contribution in [0.3, 0.4) is 0 Å². The molecule has 0 spiro atoms. The van der Waals surface area contributed by atoms with E-state index in [-0.39, 0.29) is 11.2 Å². The highest BCUT2D eigenvalue weighted by Crippen LogP contribution is 2.40. The van der Waals surface area contributed by atoms with Gasteiger partial charge in [-0.25, -0.2) is 0 Å². The summed E-state index contributed by atoms with van der Waals surface area (Å²) in [4.78, 5) is 12.6. The smallest absolute Gasteiger partial charge is 0.185 e. The molecule has 168 valence electrons. The monoisotopic (exact) mass is 424 g/mol. The minimum Gasteiger partial charge on any atom is -0.494 e. The SMILES string of the molecule is CCCOc1cc(C=CC(=O)c2ccc(OCC)cc2)cc(OCCC)c1C(C)(C)C. The summed E-state index contributed by atoms with van der Waals surface area (Å²) in [6.45, 7) is 14.4. The zero-order valence-electron chi connectivity index (χ0n) is 19.8. The molecule has 0 heterocycles. The zero-order chi connectivity index (χ0) is 22.9. The van der Waals surface area contributed by atoms with E-state index in [0.717, 1.165) is 41.2 Å². The molecule has 0 aliphatic carbocycles. The van der Waals surface area contributed by atoms with Crippen LogP contribution < -0.4 is 14.2 Å². The maximum atomic E-state index is 12.6. The Kier molecular flexibility index (Phi) is 9.17. The Balaban J connectivity index is 2.36. The molecule has 0 saturated heterocycles. The summed E-state index contributed by atoms with van der Waals surface area (Å²) in [5.74, 6) is 2.33. The quantitative estimate of drug-likeness (QED) is 0.292. The molecule has 0 amide bonds. The first-order valence-electron chi connectivity index (χ1n) is 11.2. The zero-order valence-corrected chi connectivity index (χ0v) is 19.8. The lowest BCUT2D eigenvalue weighted by atomic mass is 9.84. The van der Waals surface area contributed by atoms with Crippen LogP contribution in [0.15, 0.2) is 42.5 Å². The molecule has 4 nitrogen and oxygen atoms in total. The largest absolute Gasteiger partial charge is 0.494 e. The van der Waals surface area contributed by atoms with Crippen LogP contribution in [-0.4, -0.2) is 25.6 Å². The van der Waals surface area contributed by atoms with Crippen LogP contribution in [0.4, 0.5) is 0 Å². The van der Waals surface area contributed by atoms with Gasteiger partial charge in [0.05, 0.1) is 19.8 Å². The highest BCUT2D eigenvalue weighted by atomic mass is 16.5. The molecule has 0 aliphatic rings. The fourth-order valence-corrected chi connectivity index (χ4v) is 3.25. The minimum absolute atomic E-state index is 0.0602. The van der Waals surface area contributed by atoms with Gasteiger partial charge in [-0.15, -0.1) is 0 Å². The van der Waals surface area contributed by atoms with E-state index >= 15 is 0 Å². The summed E-state index contributed by atoms with van der Waals surface area (Å²) in [6.07, 6.45) is 5.26. The number of hydrogen-bond acceptors (Lipinski definition) is 4. The normalized spacial score (nSPS) is 11.5. The molecule has 2 aromatic carbocycles. The van der Waals surface area contributed by atoms with Crippen LogP contribution >= 0.6 is 0 Å². The van der Waals surface area contributed by atoms with Gasteiger partial charge in [-0.3, -0.25) is 4.79 Å². The van der Waals surface area contributed by atoms with Crippen molar-refractivity contribution >= 4 is 11.9 Å². The molecule has 0 aromatic heterocycles. The predicted octanol–water partition coefficient (Wildman–Crippen LogP) is 6.86. The summed E-state index contributed by atoms with van der Waals surface area (Å²) in [5.41, 5.74) is 2.43. The second-order valence-electron chi connectivity index (χ2n) is 8.49. The summed E-state index contributed by atoms with van der Waals surface area (Å²) >= 11 is 0. The lowest BCUT2D eigenvalue weighted by molar-refractivity contribution is 0.104. The van der Waals surface area contributed by atoms with Crippen LogP contribution in [0.5, 0.6) is 17.2 Å². The van der Waals surface area contributed by atoms with Crippen molar-refractivity contribution in [3.8, 4) is 17.2 Å². The standard InChI is InChI=1S/C27H36O4/c1-7-16-30-24-18-20(19-25(31-17-8-2)26(24)27(4,5)6)10-15-23(28)21-11-13-22(14-12-21)29-9-3/h10-15,18-19H,7-9,16-17H2,1-6H3. The Morgan fingerprint density at radius 2 is 1.42 bits per heavy atom. The summed E-state index contributed by atoms with van der Waals surface area (Å²) < 4.78 is 17.6. The number of benzene rings is 2. The van der Waals surface area contributed by atoms with Gasteiger partial charge in [-0.2, -0.15) is 0 Å². The van der Waals surface area contributed by atoms with Crippen molar-refractivity contribution in [1.82, 2.24) is 0 Å². The molecule has 0 unspecified atom stereocenters. The Morgan fingerprint density at radius 3 is 1.87 bits per heavy atom. The number of carbonyl (C=O) groups excluding carboxylic acids is 1. The number of hydrogen-bond donors (Lipinski definition) is 0. The number of carbonyl (C=O) groups is 1. The van der Waals surface area contributed by atoms with Crippen molar-refractivity contribution < 1.29 is 19.0 Å². The molecule has 0 fully saturated rings. The summed E-state index contributed by atoms with van der Waals surface area (Å²) in [7, 11) is 0. The maximum absolute atomic E-state index is 12.6. The van der Waals surface area contributed by atoms with Gasteiger partial charge in [-0.05, 0) is 73.2 Å². The lowest BCUT2D eigenvalue weighted by Crippen LogP contribution is -2.16. The van der Waals surface area contributed by atoms with Crippen molar-refractivity contribution in [2.75, 3.05) is 19.8 Å². The molecule has 0 radical (unpaired) electrons. The number of ether oxygens (including phenoxy) is 3. The topological polar surface area (TPSA) is 44.8 Å². The fourth-order valence-electron chi connectivity index (χ4n) is 3.25. The molecule has 0 bridgehead atoms. The first kappa shape index (κ1) is 24.5. The molecule has 4 heteroatoms. The second kappa shape index (κ2) is 11.6. The van der Waals surface area contributed by atoms with Crippen molar-refractivity contribution in [1.29, 1.82) is 0 Å². The van der Waals surface area contributed by atoms with Crippen LogP contribution in [0.25, 0.3) is 6.08 Å². The third-order valence-corrected chi connectivity index (χ3v) is 4.64. The van der Waals surface area contributed by atoms with E-state index < -0.39 is 0 Å². The van der Waals surface area contributed by atoms with Crippen LogP contribution in [-0.2, 0) is 5.41 Å². The second-order valence-corrected chi connectivity index (χ2v) is 8.49. The van der Waals surface area contributed by atoms with Gasteiger partial charge in [-0.1, -0.05) is 40.7 Å². The molecule has 0 aliphatic heterocycles. The molecule has 2 aromatic rings. The molecule has 31 heavy (non-hydrogen) atoms. The molecular formula is C27H36O4. The average molecular weight is 425 g/mol. The Morgan fingerprint density at radius 1 is 0.871 bits per heavy atom. The molecule has 2 rings (SSSR count). The van der Waals surface area contributed by atoms with Crippen molar-refractivity contribution in [3.63, 3.8) is 0 Å². The third kappa shape index (κ3) is 7.16. The lowest BCUT2D eigenvalue weighted by Gasteiger charge is -2.26. The molecule has 0 saturated carbocycles. The molecular weight excluding hydrogens is 388 g/mol. The Bertz CT molecular complexity index is 844. The van der Waals surface area contributed by atoms with E-state index in [1.807, 2.05) is 37.3 Å². The Hall–Kier alpha value is -2.75. The van der Waals surface area contributed by atoms with Crippen molar-refractivity contribution in [3.05, 3.63) is 59.2 Å². The fraction of sp³-hybridized carbons (Fsp3) is 0.444. The number of rotatable bonds is 11.